The quantitative estimate of drug-likeness (QED) is 0.655. The molecule has 0 aliphatic rings. The second-order valence-electron chi connectivity index (χ2n) is 5.11. The summed E-state index contributed by atoms with van der Waals surface area (Å²) in [5.74, 6) is 0.271. The summed E-state index contributed by atoms with van der Waals surface area (Å²) in [6, 6.07) is 4.45. The van der Waals surface area contributed by atoms with Crippen LogP contribution >= 0.6 is 11.6 Å². The predicted molar refractivity (Wildman–Crippen MR) is 86.3 cm³/mol. The fraction of sp³-hybridized carbons (Fsp3) is 0.600. The molecule has 0 unspecified atom stereocenters. The van der Waals surface area contributed by atoms with Gasteiger partial charge in [0.15, 0.2) is 0 Å². The normalized spacial score (nSPS) is 11.6. The molecular weight excluding hydrogens is 310 g/mol. The van der Waals surface area contributed by atoms with E-state index in [1.54, 1.807) is 12.1 Å². The standard InChI is InChI=1S/C15H24ClNO3S/c1-2-3-4-5-6-7-8-11-20-14-10-9-13(16)12-15(14)21(17,18)19/h9-10,12H,2-8,11H2,1H3,(H2,17,18,19). The van der Waals surface area contributed by atoms with E-state index < -0.39 is 10.0 Å². The van der Waals surface area contributed by atoms with Crippen LogP contribution in [-0.4, -0.2) is 15.0 Å². The number of ether oxygens (including phenoxy) is 1. The third-order valence-corrected chi connectivity index (χ3v) is 4.38. The first-order valence-electron chi connectivity index (χ1n) is 7.40. The van der Waals surface area contributed by atoms with Gasteiger partial charge >= 0.3 is 0 Å². The van der Waals surface area contributed by atoms with Crippen LogP contribution in [0.5, 0.6) is 5.75 Å². The highest BCUT2D eigenvalue weighted by atomic mass is 35.5. The molecule has 0 aliphatic heterocycles. The summed E-state index contributed by atoms with van der Waals surface area (Å²) in [4.78, 5) is -0.0575. The molecule has 0 bridgehead atoms. The Morgan fingerprint density at radius 2 is 1.71 bits per heavy atom. The van der Waals surface area contributed by atoms with Crippen molar-refractivity contribution in [3.8, 4) is 5.75 Å². The van der Waals surface area contributed by atoms with Gasteiger partial charge in [0.2, 0.25) is 10.0 Å². The number of rotatable bonds is 10. The monoisotopic (exact) mass is 333 g/mol. The summed E-state index contributed by atoms with van der Waals surface area (Å²) >= 11 is 5.79. The lowest BCUT2D eigenvalue weighted by Crippen LogP contribution is -2.14. The number of hydrogen-bond donors (Lipinski definition) is 1. The van der Waals surface area contributed by atoms with Gasteiger partial charge in [0.25, 0.3) is 0 Å². The highest BCUT2D eigenvalue weighted by molar-refractivity contribution is 7.89. The van der Waals surface area contributed by atoms with Gasteiger partial charge in [-0.25, -0.2) is 13.6 Å². The van der Waals surface area contributed by atoms with Crippen molar-refractivity contribution < 1.29 is 13.2 Å². The van der Waals surface area contributed by atoms with Crippen molar-refractivity contribution in [2.45, 2.75) is 56.8 Å². The number of primary sulfonamides is 1. The van der Waals surface area contributed by atoms with Gasteiger partial charge in [0, 0.05) is 5.02 Å². The molecule has 0 radical (unpaired) electrons. The molecule has 0 saturated carbocycles. The van der Waals surface area contributed by atoms with Gasteiger partial charge in [-0.2, -0.15) is 0 Å². The van der Waals surface area contributed by atoms with E-state index in [0.717, 1.165) is 12.8 Å². The molecule has 0 atom stereocenters. The summed E-state index contributed by atoms with van der Waals surface area (Å²) in [5.41, 5.74) is 0. The minimum Gasteiger partial charge on any atom is -0.492 e. The minimum atomic E-state index is -3.82. The van der Waals surface area contributed by atoms with Gasteiger partial charge in [-0.15, -0.1) is 0 Å². The summed E-state index contributed by atoms with van der Waals surface area (Å²) < 4.78 is 28.5. The summed E-state index contributed by atoms with van der Waals surface area (Å²) in [7, 11) is -3.82. The van der Waals surface area contributed by atoms with Crippen molar-refractivity contribution in [3.63, 3.8) is 0 Å². The molecule has 0 aromatic heterocycles. The molecule has 4 nitrogen and oxygen atoms in total. The smallest absolute Gasteiger partial charge is 0.241 e. The maximum absolute atomic E-state index is 11.5. The molecule has 0 spiro atoms. The molecule has 0 amide bonds. The first-order valence-corrected chi connectivity index (χ1v) is 9.32. The molecular formula is C15H24ClNO3S. The number of unbranched alkanes of at least 4 members (excludes halogenated alkanes) is 6. The van der Waals surface area contributed by atoms with Crippen LogP contribution in [-0.2, 0) is 10.0 Å². The van der Waals surface area contributed by atoms with Crippen molar-refractivity contribution >= 4 is 21.6 Å². The topological polar surface area (TPSA) is 69.4 Å². The van der Waals surface area contributed by atoms with Crippen LogP contribution < -0.4 is 9.88 Å². The van der Waals surface area contributed by atoms with Crippen LogP contribution in [0.3, 0.4) is 0 Å². The number of hydrogen-bond acceptors (Lipinski definition) is 3. The van der Waals surface area contributed by atoms with Crippen LogP contribution in [0.15, 0.2) is 23.1 Å². The maximum Gasteiger partial charge on any atom is 0.241 e. The zero-order valence-corrected chi connectivity index (χ0v) is 14.0. The Hall–Kier alpha value is -0.780. The summed E-state index contributed by atoms with van der Waals surface area (Å²) in [6.45, 7) is 2.68. The van der Waals surface area contributed by atoms with Crippen molar-refractivity contribution in [3.05, 3.63) is 23.2 Å². The van der Waals surface area contributed by atoms with Crippen LogP contribution in [0.1, 0.15) is 51.9 Å². The lowest BCUT2D eigenvalue weighted by Gasteiger charge is -2.10. The summed E-state index contributed by atoms with van der Waals surface area (Å²) in [6.07, 6.45) is 8.24. The van der Waals surface area contributed by atoms with E-state index in [1.807, 2.05) is 0 Å². The second kappa shape index (κ2) is 9.28. The molecule has 0 heterocycles. The fourth-order valence-electron chi connectivity index (χ4n) is 2.06. The van der Waals surface area contributed by atoms with Crippen molar-refractivity contribution in [1.29, 1.82) is 0 Å². The van der Waals surface area contributed by atoms with E-state index in [2.05, 4.69) is 6.92 Å². The molecule has 6 heteroatoms. The van der Waals surface area contributed by atoms with Gasteiger partial charge in [-0.1, -0.05) is 57.0 Å². The Morgan fingerprint density at radius 3 is 2.33 bits per heavy atom. The highest BCUT2D eigenvalue weighted by Gasteiger charge is 2.15. The summed E-state index contributed by atoms with van der Waals surface area (Å²) in [5, 5.41) is 5.48. The van der Waals surface area contributed by atoms with Crippen molar-refractivity contribution in [2.24, 2.45) is 5.14 Å². The number of sulfonamides is 1. The van der Waals surface area contributed by atoms with E-state index in [9.17, 15) is 8.42 Å². The molecule has 21 heavy (non-hydrogen) atoms. The number of nitrogens with two attached hydrogens (primary N) is 1. The molecule has 1 aromatic rings. The van der Waals surface area contributed by atoms with E-state index in [4.69, 9.17) is 21.5 Å². The molecule has 1 aromatic carbocycles. The molecule has 1 rings (SSSR count). The zero-order valence-electron chi connectivity index (χ0n) is 12.5. The molecule has 0 fully saturated rings. The molecule has 0 saturated heterocycles. The van der Waals surface area contributed by atoms with Gasteiger partial charge in [0.05, 0.1) is 6.61 Å². The number of benzene rings is 1. The maximum atomic E-state index is 11.5. The first kappa shape index (κ1) is 18.3. The predicted octanol–water partition coefficient (Wildman–Crippen LogP) is 4.12. The average molecular weight is 334 g/mol. The van der Waals surface area contributed by atoms with Crippen molar-refractivity contribution in [2.75, 3.05) is 6.61 Å². The Morgan fingerprint density at radius 1 is 1.10 bits per heavy atom. The van der Waals surface area contributed by atoms with E-state index >= 15 is 0 Å². The lowest BCUT2D eigenvalue weighted by molar-refractivity contribution is 0.297. The van der Waals surface area contributed by atoms with Crippen LogP contribution in [0, 0.1) is 0 Å². The van der Waals surface area contributed by atoms with Gasteiger partial charge in [-0.05, 0) is 24.6 Å². The minimum absolute atomic E-state index is 0.0575. The molecule has 2 N–H and O–H groups in total. The third kappa shape index (κ3) is 7.16. The zero-order chi connectivity index (χ0) is 15.7. The SMILES string of the molecule is CCCCCCCCCOc1ccc(Cl)cc1S(N)(=O)=O. The Labute approximate surface area is 132 Å². The lowest BCUT2D eigenvalue weighted by atomic mass is 10.1. The largest absolute Gasteiger partial charge is 0.492 e. The average Bonchev–Trinajstić information content (AvgIpc) is 2.42. The van der Waals surface area contributed by atoms with E-state index in [1.165, 1.54) is 38.2 Å². The van der Waals surface area contributed by atoms with E-state index in [0.29, 0.717) is 11.6 Å². The van der Waals surface area contributed by atoms with E-state index in [-0.39, 0.29) is 10.6 Å². The van der Waals surface area contributed by atoms with Crippen molar-refractivity contribution in [1.82, 2.24) is 0 Å². The number of halogens is 1. The van der Waals surface area contributed by atoms with Crippen LogP contribution in [0.25, 0.3) is 0 Å². The van der Waals surface area contributed by atoms with Gasteiger partial charge in [0.1, 0.15) is 10.6 Å². The Balaban J connectivity index is 2.39. The second-order valence-corrected chi connectivity index (χ2v) is 7.07. The first-order chi connectivity index (χ1) is 9.95. The van der Waals surface area contributed by atoms with Crippen LogP contribution in [0.4, 0.5) is 0 Å². The fourth-order valence-corrected chi connectivity index (χ4v) is 3.00. The molecule has 0 aliphatic carbocycles. The van der Waals surface area contributed by atoms with Gasteiger partial charge in [-0.3, -0.25) is 0 Å². The highest BCUT2D eigenvalue weighted by Crippen LogP contribution is 2.26. The molecule has 120 valence electrons. The Kier molecular flexibility index (Phi) is 8.07. The Bertz CT molecular complexity index is 532. The van der Waals surface area contributed by atoms with Crippen LogP contribution in [0.2, 0.25) is 5.02 Å². The third-order valence-electron chi connectivity index (χ3n) is 3.22. The van der Waals surface area contributed by atoms with Gasteiger partial charge < -0.3 is 4.74 Å².